The number of ether oxygens (including phenoxy) is 1. The molecule has 20 heavy (non-hydrogen) atoms. The fourth-order valence-electron chi connectivity index (χ4n) is 1.67. The van der Waals surface area contributed by atoms with Gasteiger partial charge in [0, 0.05) is 11.6 Å². The van der Waals surface area contributed by atoms with Gasteiger partial charge in [0.05, 0.1) is 25.1 Å². The van der Waals surface area contributed by atoms with Crippen LogP contribution in [0.3, 0.4) is 0 Å². The molecule has 108 valence electrons. The topological polar surface area (TPSA) is 104 Å². The maximum absolute atomic E-state index is 12.2. The van der Waals surface area contributed by atoms with Crippen molar-refractivity contribution in [3.8, 4) is 5.75 Å². The number of aliphatic hydroxyl groups is 1. The molecule has 0 aliphatic carbocycles. The second kappa shape index (κ2) is 5.93. The number of H-pyrrole nitrogens is 1. The molecule has 0 saturated carbocycles. The minimum absolute atomic E-state index is 0.151. The first kappa shape index (κ1) is 14.4. The Labute approximate surface area is 116 Å². The number of benzene rings is 1. The van der Waals surface area contributed by atoms with Crippen LogP contribution < -0.4 is 9.46 Å². The zero-order valence-corrected chi connectivity index (χ0v) is 11.6. The van der Waals surface area contributed by atoms with Crippen LogP contribution >= 0.6 is 0 Å². The van der Waals surface area contributed by atoms with E-state index in [4.69, 9.17) is 9.84 Å². The number of aliphatic hydroxyl groups excluding tert-OH is 1. The molecule has 0 fully saturated rings. The first-order valence-corrected chi connectivity index (χ1v) is 7.44. The highest BCUT2D eigenvalue weighted by molar-refractivity contribution is 7.92. The molecule has 0 spiro atoms. The van der Waals surface area contributed by atoms with Gasteiger partial charge in [-0.15, -0.1) is 0 Å². The van der Waals surface area contributed by atoms with E-state index in [-0.39, 0.29) is 10.6 Å². The van der Waals surface area contributed by atoms with Crippen molar-refractivity contribution < 1.29 is 18.3 Å². The summed E-state index contributed by atoms with van der Waals surface area (Å²) in [5.74, 6) is 0.569. The van der Waals surface area contributed by atoms with E-state index in [1.807, 2.05) is 6.92 Å². The summed E-state index contributed by atoms with van der Waals surface area (Å²) in [4.78, 5) is 0. The lowest BCUT2D eigenvalue weighted by atomic mass is 10.3. The van der Waals surface area contributed by atoms with Crippen molar-refractivity contribution in [1.82, 2.24) is 10.2 Å². The molecule has 1 heterocycles. The predicted molar refractivity (Wildman–Crippen MR) is 72.9 cm³/mol. The summed E-state index contributed by atoms with van der Waals surface area (Å²) >= 11 is 0. The van der Waals surface area contributed by atoms with Crippen LogP contribution in [0.2, 0.25) is 0 Å². The Bertz CT molecular complexity index is 682. The molecule has 0 atom stereocenters. The van der Waals surface area contributed by atoms with E-state index in [1.54, 1.807) is 24.3 Å². The van der Waals surface area contributed by atoms with Gasteiger partial charge in [0.25, 0.3) is 10.0 Å². The van der Waals surface area contributed by atoms with E-state index < -0.39 is 16.6 Å². The van der Waals surface area contributed by atoms with Crippen LogP contribution in [0.25, 0.3) is 0 Å². The zero-order chi connectivity index (χ0) is 14.6. The van der Waals surface area contributed by atoms with Crippen LogP contribution in [0.4, 0.5) is 5.69 Å². The SMILES string of the molecule is CCOc1cccc(NS(=O)(=O)c2[nH]ncc2CO)c1. The lowest BCUT2D eigenvalue weighted by Gasteiger charge is -2.09. The molecule has 1 aromatic carbocycles. The Kier molecular flexibility index (Phi) is 4.26. The monoisotopic (exact) mass is 297 g/mol. The summed E-state index contributed by atoms with van der Waals surface area (Å²) in [5, 5.41) is 14.9. The highest BCUT2D eigenvalue weighted by Gasteiger charge is 2.20. The van der Waals surface area contributed by atoms with E-state index >= 15 is 0 Å². The maximum Gasteiger partial charge on any atom is 0.279 e. The van der Waals surface area contributed by atoms with Gasteiger partial charge in [-0.2, -0.15) is 13.5 Å². The molecular formula is C12H15N3O4S. The van der Waals surface area contributed by atoms with Gasteiger partial charge in [0.1, 0.15) is 5.75 Å². The van der Waals surface area contributed by atoms with E-state index in [0.717, 1.165) is 0 Å². The Morgan fingerprint density at radius 3 is 2.95 bits per heavy atom. The smallest absolute Gasteiger partial charge is 0.279 e. The molecule has 0 radical (unpaired) electrons. The third-order valence-corrected chi connectivity index (χ3v) is 3.91. The zero-order valence-electron chi connectivity index (χ0n) is 10.8. The van der Waals surface area contributed by atoms with E-state index in [0.29, 0.717) is 18.0 Å². The highest BCUT2D eigenvalue weighted by Crippen LogP contribution is 2.21. The third kappa shape index (κ3) is 3.09. The molecule has 7 nitrogen and oxygen atoms in total. The van der Waals surface area contributed by atoms with Crippen molar-refractivity contribution in [3.05, 3.63) is 36.0 Å². The molecule has 2 rings (SSSR count). The standard InChI is InChI=1S/C12H15N3O4S/c1-2-19-11-5-3-4-10(6-11)15-20(17,18)12-9(8-16)7-13-14-12/h3-7,15-16H,2,8H2,1H3,(H,13,14). The second-order valence-electron chi connectivity index (χ2n) is 3.95. The van der Waals surface area contributed by atoms with Crippen LogP contribution in [0, 0.1) is 0 Å². The van der Waals surface area contributed by atoms with Gasteiger partial charge in [-0.05, 0) is 19.1 Å². The van der Waals surface area contributed by atoms with Crippen LogP contribution in [0.1, 0.15) is 12.5 Å². The minimum Gasteiger partial charge on any atom is -0.494 e. The second-order valence-corrected chi connectivity index (χ2v) is 5.57. The van der Waals surface area contributed by atoms with Crippen molar-refractivity contribution in [3.63, 3.8) is 0 Å². The van der Waals surface area contributed by atoms with E-state index in [2.05, 4.69) is 14.9 Å². The molecule has 1 aromatic heterocycles. The number of nitrogens with one attached hydrogen (secondary N) is 2. The van der Waals surface area contributed by atoms with Gasteiger partial charge in [0.15, 0.2) is 5.03 Å². The Morgan fingerprint density at radius 1 is 1.45 bits per heavy atom. The highest BCUT2D eigenvalue weighted by atomic mass is 32.2. The molecule has 0 bridgehead atoms. The molecule has 2 aromatic rings. The largest absolute Gasteiger partial charge is 0.494 e. The fraction of sp³-hybridized carbons (Fsp3) is 0.250. The first-order valence-electron chi connectivity index (χ1n) is 5.95. The Hall–Kier alpha value is -2.06. The number of aromatic amines is 1. The normalized spacial score (nSPS) is 11.3. The van der Waals surface area contributed by atoms with Gasteiger partial charge in [-0.25, -0.2) is 0 Å². The molecule has 3 N–H and O–H groups in total. The number of hydrogen-bond acceptors (Lipinski definition) is 5. The summed E-state index contributed by atoms with van der Waals surface area (Å²) in [6, 6.07) is 6.60. The van der Waals surface area contributed by atoms with Crippen molar-refractivity contribution in [1.29, 1.82) is 0 Å². The van der Waals surface area contributed by atoms with Gasteiger partial charge >= 0.3 is 0 Å². The van der Waals surface area contributed by atoms with Crippen LogP contribution in [0.5, 0.6) is 5.75 Å². The molecular weight excluding hydrogens is 282 g/mol. The quantitative estimate of drug-likeness (QED) is 0.740. The average Bonchev–Trinajstić information content (AvgIpc) is 2.88. The van der Waals surface area contributed by atoms with Crippen molar-refractivity contribution in [2.24, 2.45) is 0 Å². The molecule has 8 heteroatoms. The molecule has 0 aliphatic heterocycles. The molecule has 0 amide bonds. The van der Waals surface area contributed by atoms with E-state index in [1.165, 1.54) is 6.20 Å². The maximum atomic E-state index is 12.2. The van der Waals surface area contributed by atoms with Gasteiger partial charge in [-0.3, -0.25) is 9.82 Å². The summed E-state index contributed by atoms with van der Waals surface area (Å²) in [6.45, 7) is 1.92. The van der Waals surface area contributed by atoms with Crippen LogP contribution in [0.15, 0.2) is 35.5 Å². The Morgan fingerprint density at radius 2 is 2.25 bits per heavy atom. The van der Waals surface area contributed by atoms with Gasteiger partial charge in [0.2, 0.25) is 0 Å². The number of sulfonamides is 1. The number of rotatable bonds is 6. The van der Waals surface area contributed by atoms with Crippen LogP contribution in [-0.2, 0) is 16.6 Å². The third-order valence-electron chi connectivity index (χ3n) is 2.51. The van der Waals surface area contributed by atoms with Gasteiger partial charge in [-0.1, -0.05) is 6.07 Å². The lowest BCUT2D eigenvalue weighted by molar-refractivity contribution is 0.278. The van der Waals surface area contributed by atoms with Crippen molar-refractivity contribution >= 4 is 15.7 Å². The Balaban J connectivity index is 2.26. The van der Waals surface area contributed by atoms with Crippen LogP contribution in [-0.4, -0.2) is 30.3 Å². The van der Waals surface area contributed by atoms with Crippen molar-refractivity contribution in [2.75, 3.05) is 11.3 Å². The fourth-order valence-corrected chi connectivity index (χ4v) is 2.84. The summed E-state index contributed by atoms with van der Waals surface area (Å²) in [7, 11) is -3.83. The lowest BCUT2D eigenvalue weighted by Crippen LogP contribution is -2.15. The average molecular weight is 297 g/mol. The number of aromatic nitrogens is 2. The minimum atomic E-state index is -3.83. The van der Waals surface area contributed by atoms with E-state index in [9.17, 15) is 8.42 Å². The van der Waals surface area contributed by atoms with Gasteiger partial charge < -0.3 is 9.84 Å². The summed E-state index contributed by atoms with van der Waals surface area (Å²) in [6.07, 6.45) is 1.27. The van der Waals surface area contributed by atoms with Crippen molar-refractivity contribution in [2.45, 2.75) is 18.6 Å². The molecule has 0 saturated heterocycles. The molecule has 0 aliphatic rings. The number of anilines is 1. The first-order chi connectivity index (χ1) is 9.56. The molecule has 0 unspecified atom stereocenters. The predicted octanol–water partition coefficient (Wildman–Crippen LogP) is 1.10. The summed E-state index contributed by atoms with van der Waals surface area (Å²) in [5.41, 5.74) is 0.577. The number of hydrogen-bond donors (Lipinski definition) is 3. The summed E-state index contributed by atoms with van der Waals surface area (Å²) < 4.78 is 32.1. The number of nitrogens with zero attached hydrogens (tertiary/aromatic N) is 1.